The van der Waals surface area contributed by atoms with Crippen LogP contribution in [0, 0.1) is 11.8 Å². The number of nitrogens with zero attached hydrogens (tertiary/aromatic N) is 3. The van der Waals surface area contributed by atoms with E-state index in [1.165, 1.54) is 19.3 Å². The standard InChI is InChI=1S/C34H47F2N5O3/c1-6-8-15-25(26(23(5)37)20-39-33-38-19-18-28(41-33)24-13-10-9-11-14-24)21(3)16-17-27(22(4)12-7-2)40-31(42)29-30(32(43)44)34(29,35)36/h12,16-19,24,29-30H,6-11,13-15,20,37H2,1-5H3,(H,43,44)(H,38,39,41)/b17-16-,22-12+,25-21-,26-23-,40-27?. The van der Waals surface area contributed by atoms with Crippen molar-refractivity contribution in [1.82, 2.24) is 9.97 Å². The number of halogens is 2. The highest BCUT2D eigenvalue weighted by atomic mass is 19.3. The molecule has 8 nitrogen and oxygen atoms in total. The lowest BCUT2D eigenvalue weighted by molar-refractivity contribution is -0.141. The summed E-state index contributed by atoms with van der Waals surface area (Å²) in [6.07, 6.45) is 16.4. The Labute approximate surface area is 259 Å². The highest BCUT2D eigenvalue weighted by Gasteiger charge is 2.76. The SMILES string of the molecule is CC/C=C(\C)C(\C=C/C(C)=C(CCCC)\C(CNc1nccc(C2CCCCC2)n1)=C(\C)N)=NC(=O)C1C(C(=O)O)C1(F)F. The van der Waals surface area contributed by atoms with Crippen LogP contribution in [-0.2, 0) is 9.59 Å². The minimum Gasteiger partial charge on any atom is -0.481 e. The van der Waals surface area contributed by atoms with Crippen molar-refractivity contribution in [2.75, 3.05) is 11.9 Å². The van der Waals surface area contributed by atoms with Gasteiger partial charge in [-0.15, -0.1) is 0 Å². The van der Waals surface area contributed by atoms with E-state index in [0.29, 0.717) is 36.1 Å². The van der Waals surface area contributed by atoms with Crippen LogP contribution in [0.2, 0.25) is 0 Å². The number of rotatable bonds is 14. The molecule has 10 heteroatoms. The Morgan fingerprint density at radius 3 is 2.41 bits per heavy atom. The number of carbonyl (C=O) groups excluding carboxylic acids is 1. The van der Waals surface area contributed by atoms with Gasteiger partial charge in [-0.25, -0.2) is 23.7 Å². The Morgan fingerprint density at radius 1 is 1.11 bits per heavy atom. The zero-order valence-electron chi connectivity index (χ0n) is 26.6. The van der Waals surface area contributed by atoms with E-state index < -0.39 is 29.6 Å². The number of amides is 1. The molecule has 0 radical (unpaired) electrons. The summed E-state index contributed by atoms with van der Waals surface area (Å²) in [4.78, 5) is 37.1. The van der Waals surface area contributed by atoms with Crippen molar-refractivity contribution in [3.63, 3.8) is 0 Å². The highest BCUT2D eigenvalue weighted by molar-refractivity contribution is 6.14. The monoisotopic (exact) mass is 611 g/mol. The summed E-state index contributed by atoms with van der Waals surface area (Å²) in [6, 6.07) is 2.00. The van der Waals surface area contributed by atoms with Gasteiger partial charge in [-0.05, 0) is 87.3 Å². The van der Waals surface area contributed by atoms with Gasteiger partial charge in [-0.3, -0.25) is 9.59 Å². The lowest BCUT2D eigenvalue weighted by Gasteiger charge is -2.21. The maximum atomic E-state index is 14.0. The fraction of sp³-hybridized carbons (Fsp3) is 0.559. The van der Waals surface area contributed by atoms with Crippen molar-refractivity contribution < 1.29 is 23.5 Å². The summed E-state index contributed by atoms with van der Waals surface area (Å²) in [5.74, 6) is -9.40. The predicted molar refractivity (Wildman–Crippen MR) is 171 cm³/mol. The largest absolute Gasteiger partial charge is 0.481 e. The molecule has 4 N–H and O–H groups in total. The quantitative estimate of drug-likeness (QED) is 0.146. The number of alkyl halides is 2. The molecule has 1 heterocycles. The number of nitrogens with two attached hydrogens (primary N) is 1. The number of allylic oxidation sites excluding steroid dienone is 6. The molecule has 240 valence electrons. The second kappa shape index (κ2) is 15.9. The number of aliphatic imine (C=N–C) groups is 1. The topological polar surface area (TPSA) is 131 Å². The molecular weight excluding hydrogens is 564 g/mol. The van der Waals surface area contributed by atoms with Gasteiger partial charge in [0.05, 0.1) is 5.71 Å². The smallest absolute Gasteiger partial charge is 0.313 e. The molecule has 1 aromatic heterocycles. The molecule has 0 saturated heterocycles. The number of hydrogen-bond donors (Lipinski definition) is 3. The van der Waals surface area contributed by atoms with Crippen molar-refractivity contribution in [2.45, 2.75) is 104 Å². The van der Waals surface area contributed by atoms with Crippen molar-refractivity contribution in [2.24, 2.45) is 22.6 Å². The zero-order valence-corrected chi connectivity index (χ0v) is 26.6. The van der Waals surface area contributed by atoms with Crippen molar-refractivity contribution in [3.8, 4) is 0 Å². The minimum absolute atomic E-state index is 0.221. The first-order chi connectivity index (χ1) is 20.9. The van der Waals surface area contributed by atoms with Gasteiger partial charge in [0.25, 0.3) is 11.8 Å². The first-order valence-electron chi connectivity index (χ1n) is 15.7. The lowest BCUT2D eigenvalue weighted by atomic mass is 9.87. The van der Waals surface area contributed by atoms with Gasteiger partial charge >= 0.3 is 5.97 Å². The van der Waals surface area contributed by atoms with Gasteiger partial charge in [0.15, 0.2) is 0 Å². The van der Waals surface area contributed by atoms with Gasteiger partial charge in [-0.1, -0.05) is 51.7 Å². The number of carboxylic acids is 1. The minimum atomic E-state index is -3.60. The Bertz CT molecular complexity index is 1350. The maximum Gasteiger partial charge on any atom is 0.313 e. The predicted octanol–water partition coefficient (Wildman–Crippen LogP) is 7.52. The number of nitrogens with one attached hydrogen (secondary N) is 1. The number of carbonyl (C=O) groups is 2. The van der Waals surface area contributed by atoms with Crippen molar-refractivity contribution in [1.29, 1.82) is 0 Å². The van der Waals surface area contributed by atoms with Gasteiger partial charge in [0.2, 0.25) is 5.95 Å². The van der Waals surface area contributed by atoms with E-state index in [-0.39, 0.29) is 5.71 Å². The number of unbranched alkanes of at least 4 members (excludes halogenated alkanes) is 1. The van der Waals surface area contributed by atoms with Crippen LogP contribution in [0.1, 0.15) is 104 Å². The highest BCUT2D eigenvalue weighted by Crippen LogP contribution is 2.56. The van der Waals surface area contributed by atoms with Gasteiger partial charge in [0.1, 0.15) is 11.8 Å². The number of aromatic nitrogens is 2. The van der Waals surface area contributed by atoms with Crippen LogP contribution in [0.5, 0.6) is 0 Å². The molecular formula is C34H47F2N5O3. The van der Waals surface area contributed by atoms with Crippen LogP contribution in [0.3, 0.4) is 0 Å². The van der Waals surface area contributed by atoms with Gasteiger partial charge in [-0.2, -0.15) is 0 Å². The molecule has 44 heavy (non-hydrogen) atoms. The molecule has 3 rings (SSSR count). The normalized spacial score (nSPS) is 22.0. The molecule has 2 unspecified atom stereocenters. The van der Waals surface area contributed by atoms with Crippen LogP contribution < -0.4 is 11.1 Å². The van der Waals surface area contributed by atoms with E-state index in [9.17, 15) is 18.4 Å². The summed E-state index contributed by atoms with van der Waals surface area (Å²) >= 11 is 0. The summed E-state index contributed by atoms with van der Waals surface area (Å²) in [5, 5.41) is 12.5. The third-order valence-corrected chi connectivity index (χ3v) is 8.44. The molecule has 1 amide bonds. The van der Waals surface area contributed by atoms with Crippen LogP contribution >= 0.6 is 0 Å². The van der Waals surface area contributed by atoms with Crippen molar-refractivity contribution in [3.05, 3.63) is 64.2 Å². The first-order valence-corrected chi connectivity index (χ1v) is 15.7. The van der Waals surface area contributed by atoms with E-state index in [0.717, 1.165) is 54.5 Å². The summed E-state index contributed by atoms with van der Waals surface area (Å²) in [5.41, 5.74) is 11.8. The fourth-order valence-corrected chi connectivity index (χ4v) is 5.78. The lowest BCUT2D eigenvalue weighted by Crippen LogP contribution is -2.16. The second-order valence-electron chi connectivity index (χ2n) is 11.9. The molecule has 2 saturated carbocycles. The second-order valence-corrected chi connectivity index (χ2v) is 11.9. The average molecular weight is 612 g/mol. The summed E-state index contributed by atoms with van der Waals surface area (Å²) < 4.78 is 28.1. The number of hydrogen-bond acceptors (Lipinski definition) is 6. The Morgan fingerprint density at radius 2 is 1.82 bits per heavy atom. The average Bonchev–Trinajstić information content (AvgIpc) is 3.59. The van der Waals surface area contributed by atoms with E-state index >= 15 is 0 Å². The molecule has 0 aromatic carbocycles. The fourth-order valence-electron chi connectivity index (χ4n) is 5.78. The third kappa shape index (κ3) is 8.92. The molecule has 0 spiro atoms. The molecule has 1 aromatic rings. The van der Waals surface area contributed by atoms with E-state index in [1.807, 2.05) is 39.0 Å². The Balaban J connectivity index is 1.89. The number of aliphatic carboxylic acids is 1. The molecule has 0 bridgehead atoms. The first kappa shape index (κ1) is 34.8. The summed E-state index contributed by atoms with van der Waals surface area (Å²) in [7, 11) is 0. The third-order valence-electron chi connectivity index (χ3n) is 8.44. The van der Waals surface area contributed by atoms with Gasteiger partial charge < -0.3 is 16.2 Å². The van der Waals surface area contributed by atoms with Crippen LogP contribution in [-0.4, -0.2) is 45.1 Å². The molecule has 2 atom stereocenters. The van der Waals surface area contributed by atoms with E-state index in [4.69, 9.17) is 15.8 Å². The van der Waals surface area contributed by atoms with Crippen LogP contribution in [0.15, 0.2) is 63.5 Å². The van der Waals surface area contributed by atoms with Crippen molar-refractivity contribution >= 4 is 23.5 Å². The van der Waals surface area contributed by atoms with Crippen LogP contribution in [0.4, 0.5) is 14.7 Å². The zero-order chi connectivity index (χ0) is 32.4. The summed E-state index contributed by atoms with van der Waals surface area (Å²) in [6.45, 7) is 9.99. The Hall–Kier alpha value is -3.69. The molecule has 2 fully saturated rings. The van der Waals surface area contributed by atoms with Gasteiger partial charge in [0, 0.05) is 30.1 Å². The van der Waals surface area contributed by atoms with Crippen LogP contribution in [0.25, 0.3) is 0 Å². The molecule has 2 aliphatic carbocycles. The van der Waals surface area contributed by atoms with E-state index in [1.54, 1.807) is 19.2 Å². The number of carboxylic acid groups (broad SMARTS) is 1. The maximum absolute atomic E-state index is 14.0. The Kier molecular flexibility index (Phi) is 12.5. The van der Waals surface area contributed by atoms with E-state index in [2.05, 4.69) is 22.2 Å². The molecule has 0 aliphatic heterocycles. The number of anilines is 1. The molecule has 2 aliphatic rings.